The molecule has 1 aromatic carbocycles. The Morgan fingerprint density at radius 2 is 1.89 bits per heavy atom. The maximum Gasteiger partial charge on any atom is 0.416 e. The molecule has 12 nitrogen and oxygen atoms in total. The quantitative estimate of drug-likeness (QED) is 0.523. The van der Waals surface area contributed by atoms with Crippen LogP contribution in [0.1, 0.15) is 25.7 Å². The number of ether oxygens (including phenoxy) is 4. The van der Waals surface area contributed by atoms with Gasteiger partial charge in [0.05, 0.1) is 49.4 Å². The van der Waals surface area contributed by atoms with Crippen LogP contribution < -0.4 is 9.80 Å². The van der Waals surface area contributed by atoms with Crippen molar-refractivity contribution in [3.63, 3.8) is 0 Å². The third-order valence-corrected chi connectivity index (χ3v) is 6.53. The molecule has 5 rings (SSSR count). The predicted molar refractivity (Wildman–Crippen MR) is 119 cm³/mol. The van der Waals surface area contributed by atoms with Gasteiger partial charge in [0, 0.05) is 18.7 Å². The van der Waals surface area contributed by atoms with Crippen molar-refractivity contribution < 1.29 is 45.3 Å². The molecule has 0 spiro atoms. The second kappa shape index (κ2) is 9.17. The average molecular weight is 516 g/mol. The molecule has 0 aliphatic carbocycles. The standard InChI is InChI=1S/C21H26FN3O9S/c1-11-7-24(8-12(2)33-11)17-14(20-29-4-5-30-20)6-15-18(16(17)22)34-23-19(15)25-13(9-31-21(25)26)10-32-35(3,27)28/h6,11-13,20H,4-5,7-10H2,1-3H3. The number of cyclic esters (lactones) is 1. The van der Waals surface area contributed by atoms with Gasteiger partial charge in [-0.3, -0.25) is 4.18 Å². The topological polar surface area (TPSA) is 130 Å². The van der Waals surface area contributed by atoms with Crippen molar-refractivity contribution in [3.8, 4) is 0 Å². The summed E-state index contributed by atoms with van der Waals surface area (Å²) in [7, 11) is -3.76. The van der Waals surface area contributed by atoms with Crippen molar-refractivity contribution in [2.45, 2.75) is 38.4 Å². The van der Waals surface area contributed by atoms with Gasteiger partial charge >= 0.3 is 6.09 Å². The van der Waals surface area contributed by atoms with Crippen molar-refractivity contribution in [1.82, 2.24) is 5.16 Å². The van der Waals surface area contributed by atoms with Gasteiger partial charge in [-0.2, -0.15) is 8.42 Å². The van der Waals surface area contributed by atoms with Crippen LogP contribution >= 0.6 is 0 Å². The van der Waals surface area contributed by atoms with E-state index in [2.05, 4.69) is 5.16 Å². The maximum absolute atomic E-state index is 16.1. The van der Waals surface area contributed by atoms with Crippen LogP contribution in [-0.4, -0.2) is 83.7 Å². The Bertz CT molecular complexity index is 1220. The molecular formula is C21H26FN3O9S. The van der Waals surface area contributed by atoms with E-state index < -0.39 is 34.4 Å². The molecule has 3 atom stereocenters. The molecule has 0 bridgehead atoms. The lowest BCUT2D eigenvalue weighted by molar-refractivity contribution is -0.0445. The highest BCUT2D eigenvalue weighted by molar-refractivity contribution is 7.85. The van der Waals surface area contributed by atoms with Crippen LogP contribution in [0.5, 0.6) is 0 Å². The number of amides is 1. The third kappa shape index (κ3) is 4.68. The van der Waals surface area contributed by atoms with Crippen LogP contribution in [0.25, 0.3) is 11.0 Å². The van der Waals surface area contributed by atoms with E-state index in [1.807, 2.05) is 18.7 Å². The number of morpholine rings is 1. The molecule has 192 valence electrons. The van der Waals surface area contributed by atoms with Gasteiger partial charge in [0.1, 0.15) is 12.6 Å². The van der Waals surface area contributed by atoms with Gasteiger partial charge in [0.2, 0.25) is 5.58 Å². The molecule has 3 fully saturated rings. The fourth-order valence-electron chi connectivity index (χ4n) is 4.65. The molecule has 0 N–H and O–H groups in total. The summed E-state index contributed by atoms with van der Waals surface area (Å²) >= 11 is 0. The Morgan fingerprint density at radius 1 is 1.20 bits per heavy atom. The van der Waals surface area contributed by atoms with Crippen molar-refractivity contribution in [1.29, 1.82) is 0 Å². The first-order valence-corrected chi connectivity index (χ1v) is 13.0. The first-order valence-electron chi connectivity index (χ1n) is 11.2. The number of halogens is 1. The van der Waals surface area contributed by atoms with E-state index in [4.69, 9.17) is 27.7 Å². The summed E-state index contributed by atoms with van der Waals surface area (Å²) in [5.41, 5.74) is 0.524. The number of carbonyl (C=O) groups excluding carboxylic acids is 1. The normalized spacial score (nSPS) is 26.2. The Hall–Kier alpha value is -2.52. The minimum atomic E-state index is -3.76. The predicted octanol–water partition coefficient (Wildman–Crippen LogP) is 1.93. The summed E-state index contributed by atoms with van der Waals surface area (Å²) in [5.74, 6) is -0.689. The first kappa shape index (κ1) is 24.2. The SMILES string of the molecule is CC1CN(c2c(C3OCCO3)cc3c(N4C(=O)OCC4COS(C)(=O)=O)noc3c2F)CC(C)O1. The van der Waals surface area contributed by atoms with Crippen LogP contribution in [0.2, 0.25) is 0 Å². The van der Waals surface area contributed by atoms with Gasteiger partial charge < -0.3 is 28.4 Å². The van der Waals surface area contributed by atoms with E-state index >= 15 is 4.39 Å². The highest BCUT2D eigenvalue weighted by Crippen LogP contribution is 2.42. The number of benzene rings is 1. The molecule has 3 aliphatic heterocycles. The number of aromatic nitrogens is 1. The number of rotatable bonds is 6. The summed E-state index contributed by atoms with van der Waals surface area (Å²) in [5, 5.41) is 4.14. The number of fused-ring (bicyclic) bond motifs is 1. The highest BCUT2D eigenvalue weighted by atomic mass is 32.2. The van der Waals surface area contributed by atoms with Gasteiger partial charge in [-0.1, -0.05) is 5.16 Å². The Labute approximate surface area is 200 Å². The van der Waals surface area contributed by atoms with Crippen molar-refractivity contribution in [3.05, 3.63) is 17.4 Å². The minimum absolute atomic E-state index is 0.0157. The fraction of sp³-hybridized carbons (Fsp3) is 0.619. The van der Waals surface area contributed by atoms with Crippen LogP contribution in [0.3, 0.4) is 0 Å². The van der Waals surface area contributed by atoms with E-state index in [1.54, 1.807) is 6.07 Å². The maximum atomic E-state index is 16.1. The summed E-state index contributed by atoms with van der Waals surface area (Å²) in [4.78, 5) is 15.5. The summed E-state index contributed by atoms with van der Waals surface area (Å²) in [6.45, 7) is 4.91. The second-order valence-electron chi connectivity index (χ2n) is 8.84. The monoisotopic (exact) mass is 515 g/mol. The Kier molecular flexibility index (Phi) is 6.34. The first-order chi connectivity index (χ1) is 16.6. The third-order valence-electron chi connectivity index (χ3n) is 5.96. The fourth-order valence-corrected chi connectivity index (χ4v) is 5.06. The zero-order valence-electron chi connectivity index (χ0n) is 19.4. The Balaban J connectivity index is 1.60. The molecular weight excluding hydrogens is 489 g/mol. The Morgan fingerprint density at radius 3 is 2.54 bits per heavy atom. The van der Waals surface area contributed by atoms with E-state index in [-0.39, 0.29) is 47.9 Å². The van der Waals surface area contributed by atoms with Crippen molar-refractivity contribution >= 4 is 38.7 Å². The van der Waals surface area contributed by atoms with Gasteiger partial charge in [0.25, 0.3) is 10.1 Å². The minimum Gasteiger partial charge on any atom is -0.447 e. The molecule has 14 heteroatoms. The zero-order valence-corrected chi connectivity index (χ0v) is 20.2. The number of anilines is 2. The summed E-state index contributed by atoms with van der Waals surface area (Å²) in [6.07, 6.45) is -0.967. The number of hydrogen-bond donors (Lipinski definition) is 0. The largest absolute Gasteiger partial charge is 0.447 e. The van der Waals surface area contributed by atoms with E-state index in [1.165, 1.54) is 0 Å². The van der Waals surface area contributed by atoms with Gasteiger partial charge in [-0.05, 0) is 19.9 Å². The van der Waals surface area contributed by atoms with Gasteiger partial charge in [-0.15, -0.1) is 0 Å². The zero-order chi connectivity index (χ0) is 24.9. The molecule has 2 aromatic rings. The molecule has 0 saturated carbocycles. The average Bonchev–Trinajstić information content (AvgIpc) is 3.50. The lowest BCUT2D eigenvalue weighted by Gasteiger charge is -2.38. The summed E-state index contributed by atoms with van der Waals surface area (Å²) < 4.78 is 71.5. The number of carbonyl (C=O) groups is 1. The summed E-state index contributed by atoms with van der Waals surface area (Å²) in [6, 6.07) is 0.817. The van der Waals surface area contributed by atoms with Gasteiger partial charge in [0.15, 0.2) is 17.9 Å². The molecule has 0 radical (unpaired) electrons. The molecule has 1 amide bonds. The van der Waals surface area contributed by atoms with Crippen LogP contribution in [0.15, 0.2) is 10.6 Å². The number of hydrogen-bond acceptors (Lipinski definition) is 11. The van der Waals surface area contributed by atoms with Gasteiger partial charge in [-0.25, -0.2) is 14.1 Å². The van der Waals surface area contributed by atoms with Crippen molar-refractivity contribution in [2.75, 3.05) is 55.6 Å². The lowest BCUT2D eigenvalue weighted by Crippen LogP contribution is -2.46. The highest BCUT2D eigenvalue weighted by Gasteiger charge is 2.40. The van der Waals surface area contributed by atoms with Crippen LogP contribution in [0.4, 0.5) is 20.7 Å². The van der Waals surface area contributed by atoms with Crippen molar-refractivity contribution in [2.24, 2.45) is 0 Å². The van der Waals surface area contributed by atoms with Crippen LogP contribution in [-0.2, 0) is 33.2 Å². The molecule has 1 aromatic heterocycles. The second-order valence-corrected chi connectivity index (χ2v) is 10.5. The van der Waals surface area contributed by atoms with E-state index in [9.17, 15) is 13.2 Å². The molecule has 4 heterocycles. The van der Waals surface area contributed by atoms with Crippen LogP contribution in [0, 0.1) is 5.82 Å². The lowest BCUT2D eigenvalue weighted by atomic mass is 10.0. The number of nitrogens with zero attached hydrogens (tertiary/aromatic N) is 3. The molecule has 35 heavy (non-hydrogen) atoms. The smallest absolute Gasteiger partial charge is 0.416 e. The molecule has 3 saturated heterocycles. The van der Waals surface area contributed by atoms with E-state index in [0.29, 0.717) is 31.9 Å². The molecule has 3 unspecified atom stereocenters. The molecule has 3 aliphatic rings. The van der Waals surface area contributed by atoms with E-state index in [0.717, 1.165) is 11.2 Å².